The van der Waals surface area contributed by atoms with E-state index < -0.39 is 0 Å². The van der Waals surface area contributed by atoms with Crippen LogP contribution in [0.1, 0.15) is 26.6 Å². The number of fused-ring (bicyclic) bond motifs is 1. The zero-order valence-electron chi connectivity index (χ0n) is 15.5. The van der Waals surface area contributed by atoms with E-state index in [1.54, 1.807) is 13.3 Å². The Bertz CT molecular complexity index is 1120. The normalized spacial score (nSPS) is 10.9. The molecule has 1 amide bonds. The number of aryl methyl sites for hydroxylation is 3. The van der Waals surface area contributed by atoms with Gasteiger partial charge in [-0.25, -0.2) is 4.98 Å². The quantitative estimate of drug-likeness (QED) is 0.542. The van der Waals surface area contributed by atoms with E-state index in [2.05, 4.69) is 20.5 Å². The summed E-state index contributed by atoms with van der Waals surface area (Å²) in [6, 6.07) is 11.9. The van der Waals surface area contributed by atoms with E-state index in [1.807, 2.05) is 53.9 Å². The van der Waals surface area contributed by atoms with E-state index in [-0.39, 0.29) is 5.91 Å². The number of nitrogens with zero attached hydrogens (tertiary/aromatic N) is 4. The van der Waals surface area contributed by atoms with Gasteiger partial charge in [-0.05, 0) is 48.7 Å². The third kappa shape index (κ3) is 4.01. The number of pyridine rings is 1. The molecule has 0 atom stereocenters. The lowest BCUT2D eigenvalue weighted by Crippen LogP contribution is -2.12. The Morgan fingerprint density at radius 2 is 2.00 bits per heavy atom. The van der Waals surface area contributed by atoms with Crippen molar-refractivity contribution in [3.63, 3.8) is 0 Å². The third-order valence-corrected chi connectivity index (χ3v) is 5.22. The van der Waals surface area contributed by atoms with Crippen LogP contribution >= 0.6 is 11.3 Å². The number of carbonyl (C=O) groups excluding carboxylic acids is 1. The Labute approximate surface area is 166 Å². The first kappa shape index (κ1) is 18.1. The molecule has 0 saturated heterocycles. The first-order chi connectivity index (χ1) is 13.6. The van der Waals surface area contributed by atoms with Crippen molar-refractivity contribution in [2.75, 3.05) is 12.4 Å². The van der Waals surface area contributed by atoms with E-state index in [4.69, 9.17) is 4.74 Å². The number of imidazole rings is 1. The molecule has 4 aromatic rings. The van der Waals surface area contributed by atoms with Crippen LogP contribution in [-0.2, 0) is 12.8 Å². The number of methoxy groups -OCH3 is 1. The van der Waals surface area contributed by atoms with Gasteiger partial charge in [0.1, 0.15) is 22.1 Å². The molecule has 28 heavy (non-hydrogen) atoms. The number of amides is 1. The van der Waals surface area contributed by atoms with Gasteiger partial charge in [0, 0.05) is 18.8 Å². The van der Waals surface area contributed by atoms with Crippen molar-refractivity contribution >= 4 is 28.0 Å². The Kier molecular flexibility index (Phi) is 5.03. The van der Waals surface area contributed by atoms with Crippen LogP contribution in [-0.4, -0.2) is 32.6 Å². The van der Waals surface area contributed by atoms with Crippen LogP contribution in [0.2, 0.25) is 0 Å². The van der Waals surface area contributed by atoms with Crippen LogP contribution in [0.25, 0.3) is 5.65 Å². The van der Waals surface area contributed by atoms with Crippen LogP contribution in [0.3, 0.4) is 0 Å². The molecule has 7 nitrogen and oxygen atoms in total. The Hall–Kier alpha value is -3.26. The number of anilines is 1. The van der Waals surface area contributed by atoms with E-state index in [0.29, 0.717) is 10.8 Å². The number of hydrogen-bond acceptors (Lipinski definition) is 6. The predicted molar refractivity (Wildman–Crippen MR) is 108 cm³/mol. The molecule has 1 N–H and O–H groups in total. The summed E-state index contributed by atoms with van der Waals surface area (Å²) >= 11 is 1.38. The molecular weight excluding hydrogens is 374 g/mol. The number of nitrogens with one attached hydrogen (secondary N) is 1. The molecule has 0 radical (unpaired) electrons. The largest absolute Gasteiger partial charge is 0.497 e. The number of aromatic nitrogens is 4. The Balaban J connectivity index is 1.38. The van der Waals surface area contributed by atoms with Gasteiger partial charge in [0.15, 0.2) is 0 Å². The summed E-state index contributed by atoms with van der Waals surface area (Å²) in [6.45, 7) is 1.99. The van der Waals surface area contributed by atoms with Crippen molar-refractivity contribution in [1.29, 1.82) is 0 Å². The summed E-state index contributed by atoms with van der Waals surface area (Å²) in [7, 11) is 1.65. The van der Waals surface area contributed by atoms with Crippen LogP contribution in [0.5, 0.6) is 5.75 Å². The van der Waals surface area contributed by atoms with Crippen molar-refractivity contribution in [3.8, 4) is 5.75 Å². The molecule has 3 heterocycles. The summed E-state index contributed by atoms with van der Waals surface area (Å²) in [5, 5.41) is 12.4. The SMILES string of the molecule is COc1ccc(CCc2nnc(NC(=O)c3cn4ccc(C)cc4n3)s2)cc1. The Morgan fingerprint density at radius 1 is 1.18 bits per heavy atom. The first-order valence-corrected chi connectivity index (χ1v) is 9.64. The molecule has 142 valence electrons. The molecule has 0 aliphatic heterocycles. The van der Waals surface area contributed by atoms with Gasteiger partial charge < -0.3 is 9.14 Å². The number of ether oxygens (including phenoxy) is 1. The number of carbonyl (C=O) groups is 1. The van der Waals surface area contributed by atoms with Crippen molar-refractivity contribution in [3.05, 3.63) is 70.6 Å². The van der Waals surface area contributed by atoms with Crippen molar-refractivity contribution in [2.24, 2.45) is 0 Å². The van der Waals surface area contributed by atoms with E-state index in [9.17, 15) is 4.79 Å². The fourth-order valence-corrected chi connectivity index (χ4v) is 3.54. The molecule has 0 spiro atoms. The number of rotatable bonds is 6. The van der Waals surface area contributed by atoms with Gasteiger partial charge in [-0.3, -0.25) is 10.1 Å². The summed E-state index contributed by atoms with van der Waals surface area (Å²) in [5.74, 6) is 0.547. The van der Waals surface area contributed by atoms with Crippen molar-refractivity contribution in [1.82, 2.24) is 19.6 Å². The minimum Gasteiger partial charge on any atom is -0.497 e. The zero-order chi connectivity index (χ0) is 19.5. The molecule has 0 bridgehead atoms. The fourth-order valence-electron chi connectivity index (χ4n) is 2.80. The van der Waals surface area contributed by atoms with Gasteiger partial charge in [0.05, 0.1) is 7.11 Å². The van der Waals surface area contributed by atoms with Gasteiger partial charge in [-0.15, -0.1) is 10.2 Å². The topological polar surface area (TPSA) is 81.4 Å². The van der Waals surface area contributed by atoms with E-state index in [1.165, 1.54) is 16.9 Å². The van der Waals surface area contributed by atoms with Gasteiger partial charge in [0.25, 0.3) is 5.91 Å². The van der Waals surface area contributed by atoms with E-state index >= 15 is 0 Å². The van der Waals surface area contributed by atoms with Crippen molar-refractivity contribution in [2.45, 2.75) is 19.8 Å². The molecule has 4 rings (SSSR count). The maximum atomic E-state index is 12.5. The summed E-state index contributed by atoms with van der Waals surface area (Å²) < 4.78 is 6.99. The summed E-state index contributed by atoms with van der Waals surface area (Å²) in [4.78, 5) is 16.8. The molecule has 1 aromatic carbocycles. The minimum atomic E-state index is -0.292. The molecule has 0 aliphatic rings. The van der Waals surface area contributed by atoms with Gasteiger partial charge in [-0.2, -0.15) is 0 Å². The smallest absolute Gasteiger partial charge is 0.277 e. The van der Waals surface area contributed by atoms with Crippen LogP contribution in [0, 0.1) is 6.92 Å². The maximum absolute atomic E-state index is 12.5. The molecule has 3 aromatic heterocycles. The standard InChI is InChI=1S/C20H19N5O2S/c1-13-9-10-25-12-16(21-17(25)11-13)19(26)22-20-24-23-18(28-20)8-5-14-3-6-15(27-2)7-4-14/h3-4,6-7,9-12H,5,8H2,1-2H3,(H,22,24,26). The molecule has 0 unspecified atom stereocenters. The number of hydrogen-bond donors (Lipinski definition) is 1. The van der Waals surface area contributed by atoms with Gasteiger partial charge in [-0.1, -0.05) is 23.5 Å². The monoisotopic (exact) mass is 393 g/mol. The summed E-state index contributed by atoms with van der Waals surface area (Å²) in [5.41, 5.74) is 3.38. The molecule has 8 heteroatoms. The van der Waals surface area contributed by atoms with Crippen LogP contribution in [0.4, 0.5) is 5.13 Å². The lowest BCUT2D eigenvalue weighted by atomic mass is 10.1. The molecule has 0 aliphatic carbocycles. The predicted octanol–water partition coefficient (Wildman–Crippen LogP) is 3.54. The average Bonchev–Trinajstić information content (AvgIpc) is 3.33. The molecular formula is C20H19N5O2S. The highest BCUT2D eigenvalue weighted by atomic mass is 32.1. The maximum Gasteiger partial charge on any atom is 0.277 e. The van der Waals surface area contributed by atoms with Gasteiger partial charge in [0.2, 0.25) is 5.13 Å². The Morgan fingerprint density at radius 3 is 2.79 bits per heavy atom. The summed E-state index contributed by atoms with van der Waals surface area (Å²) in [6.07, 6.45) is 5.19. The molecule has 0 fully saturated rings. The first-order valence-electron chi connectivity index (χ1n) is 8.83. The molecule has 0 saturated carbocycles. The average molecular weight is 393 g/mol. The lowest BCUT2D eigenvalue weighted by Gasteiger charge is -2.01. The van der Waals surface area contributed by atoms with Crippen molar-refractivity contribution < 1.29 is 9.53 Å². The highest BCUT2D eigenvalue weighted by Crippen LogP contribution is 2.19. The second-order valence-electron chi connectivity index (χ2n) is 6.40. The van der Waals surface area contributed by atoms with E-state index in [0.717, 1.165) is 34.8 Å². The second-order valence-corrected chi connectivity index (χ2v) is 7.46. The fraction of sp³-hybridized carbons (Fsp3) is 0.200. The highest BCUT2D eigenvalue weighted by Gasteiger charge is 2.14. The minimum absolute atomic E-state index is 0.292. The van der Waals surface area contributed by atoms with Gasteiger partial charge >= 0.3 is 0 Å². The van der Waals surface area contributed by atoms with Crippen LogP contribution < -0.4 is 10.1 Å². The van der Waals surface area contributed by atoms with Crippen LogP contribution in [0.15, 0.2) is 48.8 Å². The lowest BCUT2D eigenvalue weighted by molar-refractivity contribution is 0.102. The second kappa shape index (κ2) is 7.77. The third-order valence-electron chi connectivity index (χ3n) is 4.32. The zero-order valence-corrected chi connectivity index (χ0v) is 16.4. The number of benzene rings is 1. The highest BCUT2D eigenvalue weighted by molar-refractivity contribution is 7.15.